The number of rotatable bonds is 8. The van der Waals surface area contributed by atoms with Crippen molar-refractivity contribution in [1.29, 1.82) is 0 Å². The van der Waals surface area contributed by atoms with Gasteiger partial charge >= 0.3 is 0 Å². The summed E-state index contributed by atoms with van der Waals surface area (Å²) in [5, 5.41) is 9.35. The van der Waals surface area contributed by atoms with E-state index in [1.807, 2.05) is 29.1 Å². The molecule has 4 nitrogen and oxygen atoms in total. The van der Waals surface area contributed by atoms with E-state index in [1.165, 1.54) is 10.4 Å². The molecule has 1 N–H and O–H groups in total. The molecule has 24 heavy (non-hydrogen) atoms. The highest BCUT2D eigenvalue weighted by Gasteiger charge is 2.06. The molecular weight excluding hydrogens is 318 g/mol. The van der Waals surface area contributed by atoms with Crippen LogP contribution in [0.2, 0.25) is 0 Å². The molecule has 3 aromatic rings. The van der Waals surface area contributed by atoms with Gasteiger partial charge < -0.3 is 5.32 Å². The van der Waals surface area contributed by atoms with E-state index in [0.717, 1.165) is 24.9 Å². The van der Waals surface area contributed by atoms with E-state index >= 15 is 0 Å². The summed E-state index contributed by atoms with van der Waals surface area (Å²) in [7, 11) is 0. The average Bonchev–Trinajstić information content (AvgIpc) is 3.28. The fraction of sp³-hybridized carbons (Fsp3) is 0.263. The Morgan fingerprint density at radius 2 is 2.00 bits per heavy atom. The topological polar surface area (TPSA) is 46.9 Å². The van der Waals surface area contributed by atoms with Gasteiger partial charge in [0.1, 0.15) is 0 Å². The van der Waals surface area contributed by atoms with Crippen molar-refractivity contribution in [2.75, 3.05) is 0 Å². The summed E-state index contributed by atoms with van der Waals surface area (Å²) < 4.78 is 1.89. The molecule has 0 fully saturated rings. The number of benzene rings is 1. The summed E-state index contributed by atoms with van der Waals surface area (Å²) in [4.78, 5) is 13.4. The van der Waals surface area contributed by atoms with Crippen molar-refractivity contribution in [1.82, 2.24) is 15.1 Å². The molecule has 0 spiro atoms. The predicted octanol–water partition coefficient (Wildman–Crippen LogP) is 3.63. The van der Waals surface area contributed by atoms with E-state index in [2.05, 4.69) is 40.1 Å². The molecular formula is C19H21N3OS. The lowest BCUT2D eigenvalue weighted by atomic mass is 10.1. The second-order valence-corrected chi connectivity index (χ2v) is 6.71. The molecule has 0 saturated carbocycles. The van der Waals surface area contributed by atoms with Gasteiger partial charge in [-0.1, -0.05) is 30.3 Å². The first-order valence-corrected chi connectivity index (χ1v) is 9.02. The van der Waals surface area contributed by atoms with Crippen molar-refractivity contribution >= 4 is 17.2 Å². The number of carbonyl (C=O) groups excluding carboxylic acids is 1. The van der Waals surface area contributed by atoms with Gasteiger partial charge in [0.25, 0.3) is 0 Å². The maximum absolute atomic E-state index is 12.0. The van der Waals surface area contributed by atoms with Crippen LogP contribution in [-0.4, -0.2) is 15.7 Å². The van der Waals surface area contributed by atoms with Gasteiger partial charge in [0.2, 0.25) is 5.91 Å². The second kappa shape index (κ2) is 8.45. The maximum atomic E-state index is 12.0. The average molecular weight is 339 g/mol. The smallest absolute Gasteiger partial charge is 0.220 e. The summed E-state index contributed by atoms with van der Waals surface area (Å²) in [6.07, 6.45) is 6.15. The first-order chi connectivity index (χ1) is 11.8. The van der Waals surface area contributed by atoms with Gasteiger partial charge in [-0.15, -0.1) is 11.3 Å². The van der Waals surface area contributed by atoms with Crippen LogP contribution >= 0.6 is 11.3 Å². The molecule has 1 aromatic carbocycles. The molecule has 0 aliphatic carbocycles. The van der Waals surface area contributed by atoms with Crippen LogP contribution < -0.4 is 5.32 Å². The Bertz CT molecular complexity index is 751. The van der Waals surface area contributed by atoms with Crippen molar-refractivity contribution < 1.29 is 4.79 Å². The monoisotopic (exact) mass is 339 g/mol. The Morgan fingerprint density at radius 1 is 1.12 bits per heavy atom. The van der Waals surface area contributed by atoms with E-state index in [1.54, 1.807) is 17.5 Å². The number of hydrogen-bond acceptors (Lipinski definition) is 3. The molecule has 124 valence electrons. The second-order valence-electron chi connectivity index (χ2n) is 5.68. The Kier molecular flexibility index (Phi) is 5.80. The predicted molar refractivity (Wildman–Crippen MR) is 96.9 cm³/mol. The van der Waals surface area contributed by atoms with Crippen molar-refractivity contribution in [2.24, 2.45) is 0 Å². The SMILES string of the molecule is O=C(CCCc1cccs1)NCc1ccccc1Cn1cccn1. The number of aryl methyl sites for hydroxylation is 1. The van der Waals surface area contributed by atoms with E-state index in [-0.39, 0.29) is 5.91 Å². The molecule has 0 saturated heterocycles. The van der Waals surface area contributed by atoms with Crippen molar-refractivity contribution in [3.63, 3.8) is 0 Å². The van der Waals surface area contributed by atoms with Crippen LogP contribution in [0.3, 0.4) is 0 Å². The number of thiophene rings is 1. The lowest BCUT2D eigenvalue weighted by Crippen LogP contribution is -2.23. The van der Waals surface area contributed by atoms with Gasteiger partial charge in [0, 0.05) is 30.2 Å². The minimum atomic E-state index is 0.112. The van der Waals surface area contributed by atoms with Crippen LogP contribution in [0.5, 0.6) is 0 Å². The van der Waals surface area contributed by atoms with Gasteiger partial charge in [0.15, 0.2) is 0 Å². The van der Waals surface area contributed by atoms with Gasteiger partial charge in [0.05, 0.1) is 6.54 Å². The highest BCUT2D eigenvalue weighted by atomic mass is 32.1. The van der Waals surface area contributed by atoms with Gasteiger partial charge in [-0.3, -0.25) is 9.48 Å². The fourth-order valence-electron chi connectivity index (χ4n) is 2.61. The third-order valence-electron chi connectivity index (χ3n) is 3.89. The van der Waals surface area contributed by atoms with Crippen molar-refractivity contribution in [2.45, 2.75) is 32.4 Å². The molecule has 0 aliphatic heterocycles. The molecule has 5 heteroatoms. The largest absolute Gasteiger partial charge is 0.352 e. The molecule has 0 bridgehead atoms. The molecule has 0 aliphatic rings. The Hall–Kier alpha value is -2.40. The Labute approximate surface area is 146 Å². The number of hydrogen-bond donors (Lipinski definition) is 1. The van der Waals surface area contributed by atoms with E-state index < -0.39 is 0 Å². The molecule has 3 rings (SSSR count). The van der Waals surface area contributed by atoms with E-state index in [9.17, 15) is 4.79 Å². The first kappa shape index (κ1) is 16.5. The fourth-order valence-corrected chi connectivity index (χ4v) is 3.36. The molecule has 2 heterocycles. The molecule has 1 amide bonds. The van der Waals surface area contributed by atoms with E-state index in [0.29, 0.717) is 13.0 Å². The van der Waals surface area contributed by atoms with Crippen LogP contribution in [0.15, 0.2) is 60.2 Å². The maximum Gasteiger partial charge on any atom is 0.220 e. The molecule has 2 aromatic heterocycles. The highest BCUT2D eigenvalue weighted by Crippen LogP contribution is 2.13. The molecule has 0 unspecified atom stereocenters. The number of nitrogens with zero attached hydrogens (tertiary/aromatic N) is 2. The minimum Gasteiger partial charge on any atom is -0.352 e. The highest BCUT2D eigenvalue weighted by molar-refractivity contribution is 7.09. The number of amides is 1. The normalized spacial score (nSPS) is 10.7. The molecule has 0 atom stereocenters. The lowest BCUT2D eigenvalue weighted by molar-refractivity contribution is -0.121. The van der Waals surface area contributed by atoms with Crippen LogP contribution in [0.1, 0.15) is 28.8 Å². The van der Waals surface area contributed by atoms with Crippen molar-refractivity contribution in [3.05, 3.63) is 76.2 Å². The number of nitrogens with one attached hydrogen (secondary N) is 1. The Balaban J connectivity index is 1.48. The van der Waals surface area contributed by atoms with Crippen LogP contribution in [0.4, 0.5) is 0 Å². The molecule has 0 radical (unpaired) electrons. The standard InChI is InChI=1S/C19H21N3OS/c23-19(10-3-8-18-9-4-13-24-18)20-14-16-6-1-2-7-17(16)15-22-12-5-11-21-22/h1-2,4-7,9,11-13H,3,8,10,14-15H2,(H,20,23). The van der Waals surface area contributed by atoms with Crippen molar-refractivity contribution in [3.8, 4) is 0 Å². The quantitative estimate of drug-likeness (QED) is 0.681. The third kappa shape index (κ3) is 4.80. The number of carbonyl (C=O) groups is 1. The summed E-state index contributed by atoms with van der Waals surface area (Å²) in [5.41, 5.74) is 2.32. The first-order valence-electron chi connectivity index (χ1n) is 8.14. The lowest BCUT2D eigenvalue weighted by Gasteiger charge is -2.11. The van der Waals surface area contributed by atoms with Gasteiger partial charge in [-0.2, -0.15) is 5.10 Å². The van der Waals surface area contributed by atoms with Gasteiger partial charge in [-0.05, 0) is 41.5 Å². The van der Waals surface area contributed by atoms with Crippen LogP contribution in [0.25, 0.3) is 0 Å². The van der Waals surface area contributed by atoms with E-state index in [4.69, 9.17) is 0 Å². The van der Waals surface area contributed by atoms with Gasteiger partial charge in [-0.25, -0.2) is 0 Å². The zero-order valence-corrected chi connectivity index (χ0v) is 14.3. The summed E-state index contributed by atoms with van der Waals surface area (Å²) >= 11 is 1.75. The zero-order valence-electron chi connectivity index (χ0n) is 13.5. The summed E-state index contributed by atoms with van der Waals surface area (Å²) in [6, 6.07) is 14.3. The zero-order chi connectivity index (χ0) is 16.6. The summed E-state index contributed by atoms with van der Waals surface area (Å²) in [6.45, 7) is 1.28. The van der Waals surface area contributed by atoms with Crippen LogP contribution in [0, 0.1) is 0 Å². The number of aromatic nitrogens is 2. The minimum absolute atomic E-state index is 0.112. The summed E-state index contributed by atoms with van der Waals surface area (Å²) in [5.74, 6) is 0.112. The Morgan fingerprint density at radius 3 is 2.75 bits per heavy atom. The third-order valence-corrected chi connectivity index (χ3v) is 4.83. The van der Waals surface area contributed by atoms with Crippen LogP contribution in [-0.2, 0) is 24.3 Å².